The standard InChI is InChI=1S/C14H20N4O3S.ClH/c1-9(15)7-8-16-14(19)10(2)17-13-11-5-3-4-6-12(11)22(20,21)18-13;/h3-6,9-10H,7-8,15H2,1-2H3,(H,16,19)(H,17,18);1H. The largest absolute Gasteiger partial charge is 0.354 e. The first-order valence-corrected chi connectivity index (χ1v) is 8.53. The molecular weight excluding hydrogens is 340 g/mol. The van der Waals surface area contributed by atoms with Crippen molar-refractivity contribution in [3.63, 3.8) is 0 Å². The number of hydrogen-bond acceptors (Lipinski definition) is 5. The monoisotopic (exact) mass is 360 g/mol. The number of hydrogen-bond donors (Lipinski definition) is 3. The third kappa shape index (κ3) is 4.66. The maximum absolute atomic E-state index is 12.0. The topological polar surface area (TPSA) is 114 Å². The van der Waals surface area contributed by atoms with Gasteiger partial charge >= 0.3 is 0 Å². The van der Waals surface area contributed by atoms with Crippen LogP contribution in [0.25, 0.3) is 0 Å². The fraction of sp³-hybridized carbons (Fsp3) is 0.429. The number of benzene rings is 1. The molecular formula is C14H21ClN4O3S. The average Bonchev–Trinajstić information content (AvgIpc) is 2.70. The molecule has 2 atom stereocenters. The van der Waals surface area contributed by atoms with Gasteiger partial charge in [0.15, 0.2) is 0 Å². The van der Waals surface area contributed by atoms with Crippen LogP contribution < -0.4 is 15.8 Å². The van der Waals surface area contributed by atoms with Crippen molar-refractivity contribution in [2.75, 3.05) is 6.54 Å². The molecule has 0 saturated heterocycles. The van der Waals surface area contributed by atoms with E-state index in [1.54, 1.807) is 25.1 Å². The SMILES string of the molecule is CC(N)CCNC(=O)C(C)N=C1NS(=O)(=O)c2ccccc21.Cl. The Bertz CT molecular complexity index is 704. The first-order chi connectivity index (χ1) is 10.3. The first kappa shape index (κ1) is 19.4. The lowest BCUT2D eigenvalue weighted by molar-refractivity contribution is -0.121. The highest BCUT2D eigenvalue weighted by molar-refractivity contribution is 7.90. The van der Waals surface area contributed by atoms with Gasteiger partial charge in [-0.1, -0.05) is 12.1 Å². The maximum atomic E-state index is 12.0. The Morgan fingerprint density at radius 2 is 2.00 bits per heavy atom. The lowest BCUT2D eigenvalue weighted by atomic mass is 10.2. The lowest BCUT2D eigenvalue weighted by Crippen LogP contribution is -2.36. The number of fused-ring (bicyclic) bond motifs is 1. The summed E-state index contributed by atoms with van der Waals surface area (Å²) < 4.78 is 26.3. The molecule has 0 aliphatic carbocycles. The number of nitrogens with zero attached hydrogens (tertiary/aromatic N) is 1. The summed E-state index contributed by atoms with van der Waals surface area (Å²) in [7, 11) is -3.58. The number of rotatable bonds is 5. The summed E-state index contributed by atoms with van der Waals surface area (Å²) in [5.41, 5.74) is 6.10. The van der Waals surface area contributed by atoms with Gasteiger partial charge in [0.2, 0.25) is 5.91 Å². The zero-order chi connectivity index (χ0) is 16.3. The highest BCUT2D eigenvalue weighted by atomic mass is 35.5. The Hall–Kier alpha value is -1.64. The van der Waals surface area contributed by atoms with Gasteiger partial charge in [-0.15, -0.1) is 12.4 Å². The van der Waals surface area contributed by atoms with E-state index in [1.165, 1.54) is 6.07 Å². The van der Waals surface area contributed by atoms with Gasteiger partial charge in [-0.25, -0.2) is 8.42 Å². The van der Waals surface area contributed by atoms with E-state index in [-0.39, 0.29) is 35.1 Å². The van der Waals surface area contributed by atoms with E-state index < -0.39 is 16.1 Å². The quantitative estimate of drug-likeness (QED) is 0.704. The molecule has 1 aliphatic rings. The number of carbonyl (C=O) groups excluding carboxylic acids is 1. The number of amidine groups is 1. The summed E-state index contributed by atoms with van der Waals surface area (Å²) in [5.74, 6) is -0.0674. The molecule has 7 nitrogen and oxygen atoms in total. The third-order valence-corrected chi connectivity index (χ3v) is 4.66. The minimum atomic E-state index is -3.58. The number of halogens is 1. The second-order valence-corrected chi connectivity index (χ2v) is 6.96. The molecule has 2 unspecified atom stereocenters. The normalized spacial score (nSPS) is 19.2. The van der Waals surface area contributed by atoms with Crippen molar-refractivity contribution in [2.24, 2.45) is 10.7 Å². The van der Waals surface area contributed by atoms with Crippen LogP contribution in [0.5, 0.6) is 0 Å². The molecule has 1 amide bonds. The van der Waals surface area contributed by atoms with Crippen molar-refractivity contribution in [1.29, 1.82) is 0 Å². The van der Waals surface area contributed by atoms with Crippen LogP contribution in [0.3, 0.4) is 0 Å². The predicted octanol–water partition coefficient (Wildman–Crippen LogP) is 0.389. The van der Waals surface area contributed by atoms with E-state index in [1.807, 2.05) is 6.92 Å². The smallest absolute Gasteiger partial charge is 0.263 e. The summed E-state index contributed by atoms with van der Waals surface area (Å²) >= 11 is 0. The average molecular weight is 361 g/mol. The van der Waals surface area contributed by atoms with Crippen LogP contribution in [-0.4, -0.2) is 38.8 Å². The third-order valence-electron chi connectivity index (χ3n) is 3.26. The Morgan fingerprint density at radius 1 is 1.35 bits per heavy atom. The molecule has 128 valence electrons. The number of aliphatic imine (C=N–C) groups is 1. The van der Waals surface area contributed by atoms with Crippen molar-refractivity contribution in [1.82, 2.24) is 10.0 Å². The zero-order valence-electron chi connectivity index (χ0n) is 12.9. The molecule has 1 heterocycles. The van der Waals surface area contributed by atoms with Crippen molar-refractivity contribution in [3.05, 3.63) is 29.8 Å². The number of nitrogens with one attached hydrogen (secondary N) is 2. The van der Waals surface area contributed by atoms with Crippen LogP contribution in [0.4, 0.5) is 0 Å². The fourth-order valence-electron chi connectivity index (χ4n) is 2.05. The van der Waals surface area contributed by atoms with Gasteiger partial charge in [0.1, 0.15) is 11.9 Å². The van der Waals surface area contributed by atoms with Gasteiger partial charge in [-0.3, -0.25) is 14.5 Å². The molecule has 1 aliphatic heterocycles. The van der Waals surface area contributed by atoms with Crippen molar-refractivity contribution in [3.8, 4) is 0 Å². The van der Waals surface area contributed by atoms with Gasteiger partial charge in [0.25, 0.3) is 10.0 Å². The maximum Gasteiger partial charge on any atom is 0.263 e. The Kier molecular flexibility index (Phi) is 6.55. The second kappa shape index (κ2) is 7.76. The summed E-state index contributed by atoms with van der Waals surface area (Å²) in [6, 6.07) is 5.85. The van der Waals surface area contributed by atoms with Gasteiger partial charge in [-0.2, -0.15) is 0 Å². The Balaban J connectivity index is 0.00000264. The minimum absolute atomic E-state index is 0. The summed E-state index contributed by atoms with van der Waals surface area (Å²) in [6.07, 6.45) is 0.671. The summed E-state index contributed by atoms with van der Waals surface area (Å²) in [4.78, 5) is 16.3. The van der Waals surface area contributed by atoms with Gasteiger partial charge < -0.3 is 11.1 Å². The highest BCUT2D eigenvalue weighted by Crippen LogP contribution is 2.22. The van der Waals surface area contributed by atoms with Crippen molar-refractivity contribution < 1.29 is 13.2 Å². The molecule has 4 N–H and O–H groups in total. The molecule has 0 fully saturated rings. The first-order valence-electron chi connectivity index (χ1n) is 7.04. The van der Waals surface area contributed by atoms with E-state index in [4.69, 9.17) is 5.73 Å². The van der Waals surface area contributed by atoms with E-state index in [0.29, 0.717) is 18.5 Å². The summed E-state index contributed by atoms with van der Waals surface area (Å²) in [5, 5.41) is 2.73. The van der Waals surface area contributed by atoms with E-state index >= 15 is 0 Å². The predicted molar refractivity (Wildman–Crippen MR) is 91.3 cm³/mol. The molecule has 0 radical (unpaired) electrons. The molecule has 0 bridgehead atoms. The van der Waals surface area contributed by atoms with Gasteiger partial charge in [0.05, 0.1) is 4.90 Å². The van der Waals surface area contributed by atoms with E-state index in [0.717, 1.165) is 0 Å². The molecule has 0 saturated carbocycles. The van der Waals surface area contributed by atoms with Crippen LogP contribution in [0.1, 0.15) is 25.8 Å². The fourth-order valence-corrected chi connectivity index (χ4v) is 3.29. The number of carbonyl (C=O) groups is 1. The zero-order valence-corrected chi connectivity index (χ0v) is 14.6. The molecule has 0 aromatic heterocycles. The second-order valence-electron chi connectivity index (χ2n) is 5.31. The highest BCUT2D eigenvalue weighted by Gasteiger charge is 2.31. The molecule has 2 rings (SSSR count). The molecule has 23 heavy (non-hydrogen) atoms. The van der Waals surface area contributed by atoms with Crippen LogP contribution in [-0.2, 0) is 14.8 Å². The van der Waals surface area contributed by atoms with Crippen LogP contribution in [0.2, 0.25) is 0 Å². The van der Waals surface area contributed by atoms with Gasteiger partial charge in [0, 0.05) is 18.2 Å². The number of nitrogens with two attached hydrogens (primary N) is 1. The molecule has 1 aromatic rings. The minimum Gasteiger partial charge on any atom is -0.354 e. The Labute approximate surface area is 142 Å². The number of amides is 1. The van der Waals surface area contributed by atoms with E-state index in [2.05, 4.69) is 15.0 Å². The molecule has 9 heteroatoms. The summed E-state index contributed by atoms with van der Waals surface area (Å²) in [6.45, 7) is 3.94. The van der Waals surface area contributed by atoms with E-state index in [9.17, 15) is 13.2 Å². The number of sulfonamides is 1. The van der Waals surface area contributed by atoms with Crippen LogP contribution in [0, 0.1) is 0 Å². The Morgan fingerprint density at radius 3 is 2.65 bits per heavy atom. The molecule has 0 spiro atoms. The molecule has 1 aromatic carbocycles. The van der Waals surface area contributed by atoms with Gasteiger partial charge in [-0.05, 0) is 32.4 Å². The van der Waals surface area contributed by atoms with Crippen molar-refractivity contribution >= 4 is 34.2 Å². The van der Waals surface area contributed by atoms with Crippen LogP contribution >= 0.6 is 12.4 Å². The lowest BCUT2D eigenvalue weighted by Gasteiger charge is -2.10. The van der Waals surface area contributed by atoms with Crippen LogP contribution in [0.15, 0.2) is 34.2 Å². The van der Waals surface area contributed by atoms with Crippen molar-refractivity contribution in [2.45, 2.75) is 37.2 Å².